The molecule has 0 N–H and O–H groups in total. The number of Topliss-reactive ketones (excluding diaryl/α,β-unsaturated/α-hetero) is 1. The van der Waals surface area contributed by atoms with Gasteiger partial charge in [0.1, 0.15) is 12.3 Å². The van der Waals surface area contributed by atoms with Gasteiger partial charge in [-0.1, -0.05) is 23.8 Å². The van der Waals surface area contributed by atoms with Gasteiger partial charge in [0.15, 0.2) is 5.78 Å². The van der Waals surface area contributed by atoms with Gasteiger partial charge in [0.05, 0.1) is 22.3 Å². The van der Waals surface area contributed by atoms with Crippen molar-refractivity contribution in [2.45, 2.75) is 6.42 Å². The van der Waals surface area contributed by atoms with E-state index in [0.717, 1.165) is 10.0 Å². The molecule has 216 valence electrons. The molecule has 1 saturated heterocycles. The number of imide groups is 1. The van der Waals surface area contributed by atoms with Crippen LogP contribution in [0, 0.1) is 33.8 Å². The third kappa shape index (κ3) is 5.08. The highest BCUT2D eigenvalue weighted by atomic mass is 35.5. The Kier molecular flexibility index (Phi) is 7.10. The summed E-state index contributed by atoms with van der Waals surface area (Å²) < 4.78 is 5.30. The van der Waals surface area contributed by atoms with E-state index in [9.17, 15) is 34.1 Å². The van der Waals surface area contributed by atoms with Crippen LogP contribution in [0.2, 0.25) is 5.02 Å². The number of hydrogen-bond donors (Lipinski definition) is 0. The van der Waals surface area contributed by atoms with Crippen molar-refractivity contribution < 1.29 is 33.6 Å². The van der Waals surface area contributed by atoms with Gasteiger partial charge in [-0.15, -0.1) is 0 Å². The van der Waals surface area contributed by atoms with E-state index in [2.05, 4.69) is 0 Å². The van der Waals surface area contributed by atoms with Crippen molar-refractivity contribution in [1.29, 1.82) is 0 Å². The number of non-ortho nitro benzene ring substituents is 1. The first-order chi connectivity index (χ1) is 20.6. The maximum Gasteiger partial charge on any atom is 0.343 e. The van der Waals surface area contributed by atoms with Crippen molar-refractivity contribution in [3.05, 3.63) is 117 Å². The summed E-state index contributed by atoms with van der Waals surface area (Å²) >= 11 is 5.97. The van der Waals surface area contributed by atoms with Crippen LogP contribution < -0.4 is 4.74 Å². The summed E-state index contributed by atoms with van der Waals surface area (Å²) in [6, 6.07) is 16.3. The van der Waals surface area contributed by atoms with Crippen LogP contribution in [-0.2, 0) is 9.59 Å². The molecular formula is C31H22ClN3O8. The Morgan fingerprint density at radius 3 is 1.93 bits per heavy atom. The highest BCUT2D eigenvalue weighted by Crippen LogP contribution is 2.52. The van der Waals surface area contributed by atoms with E-state index in [1.54, 1.807) is 0 Å². The monoisotopic (exact) mass is 599 g/mol. The lowest BCUT2D eigenvalue weighted by atomic mass is 9.85. The van der Waals surface area contributed by atoms with E-state index in [1.165, 1.54) is 72.8 Å². The van der Waals surface area contributed by atoms with Crippen molar-refractivity contribution in [3.8, 4) is 5.75 Å². The summed E-state index contributed by atoms with van der Waals surface area (Å²) in [4.78, 5) is 76.8. The van der Waals surface area contributed by atoms with Crippen molar-refractivity contribution in [3.63, 3.8) is 0 Å². The fraction of sp³-hybridized carbons (Fsp3) is 0.194. The largest absolute Gasteiger partial charge is 0.423 e. The van der Waals surface area contributed by atoms with E-state index in [1.807, 2.05) is 12.2 Å². The lowest BCUT2D eigenvalue weighted by Gasteiger charge is -2.30. The summed E-state index contributed by atoms with van der Waals surface area (Å²) in [5.41, 5.74) is 0.206. The molecule has 12 heteroatoms. The van der Waals surface area contributed by atoms with Crippen molar-refractivity contribution in [2.75, 3.05) is 6.54 Å². The van der Waals surface area contributed by atoms with Gasteiger partial charge in [0.25, 0.3) is 23.4 Å². The maximum atomic E-state index is 13.6. The van der Waals surface area contributed by atoms with E-state index in [-0.39, 0.29) is 40.0 Å². The first kappa shape index (κ1) is 28.0. The van der Waals surface area contributed by atoms with Crippen LogP contribution in [-0.4, -0.2) is 51.0 Å². The SMILES string of the molecule is O=C(CN(C(=O)c1ccc(Cl)cc1)N1C(=O)[C@@H]2[C@@H](C1=O)[C@H]1C=C[C@H]2C1)c1ccc(OC(=O)c2ccc([N+](=O)[O-])cc2)cc1. The molecule has 6 rings (SSSR count). The minimum atomic E-state index is -0.756. The van der Waals surface area contributed by atoms with Gasteiger partial charge in [-0.2, -0.15) is 5.01 Å². The summed E-state index contributed by atoms with van der Waals surface area (Å²) in [6.07, 6.45) is 4.59. The molecule has 1 heterocycles. The predicted octanol–water partition coefficient (Wildman–Crippen LogP) is 4.51. The molecule has 2 bridgehead atoms. The van der Waals surface area contributed by atoms with Crippen LogP contribution >= 0.6 is 11.6 Å². The molecule has 1 aliphatic heterocycles. The molecule has 3 aromatic rings. The first-order valence-corrected chi connectivity index (χ1v) is 13.7. The van der Waals surface area contributed by atoms with Gasteiger partial charge in [0, 0.05) is 28.3 Å². The molecule has 2 fully saturated rings. The molecule has 1 saturated carbocycles. The average molecular weight is 600 g/mol. The lowest BCUT2D eigenvalue weighted by Crippen LogP contribution is -2.52. The maximum absolute atomic E-state index is 13.6. The predicted molar refractivity (Wildman–Crippen MR) is 151 cm³/mol. The lowest BCUT2D eigenvalue weighted by molar-refractivity contribution is -0.384. The number of nitro groups is 1. The quantitative estimate of drug-likeness (QED) is 0.0699. The Labute approximate surface area is 249 Å². The number of allylic oxidation sites excluding steroid dienone is 2. The number of fused-ring (bicyclic) bond motifs is 5. The Hall–Kier alpha value is -5.16. The molecule has 4 atom stereocenters. The van der Waals surface area contributed by atoms with Crippen LogP contribution in [0.3, 0.4) is 0 Å². The zero-order valence-corrected chi connectivity index (χ0v) is 23.0. The van der Waals surface area contributed by atoms with E-state index in [0.29, 0.717) is 11.4 Å². The second kappa shape index (κ2) is 10.9. The number of amides is 3. The highest BCUT2D eigenvalue weighted by molar-refractivity contribution is 6.30. The highest BCUT2D eigenvalue weighted by Gasteiger charge is 2.61. The van der Waals surface area contributed by atoms with E-state index >= 15 is 0 Å². The molecule has 11 nitrogen and oxygen atoms in total. The molecule has 3 aliphatic rings. The summed E-state index contributed by atoms with van der Waals surface area (Å²) in [7, 11) is 0. The van der Waals surface area contributed by atoms with Gasteiger partial charge in [0.2, 0.25) is 0 Å². The van der Waals surface area contributed by atoms with Crippen LogP contribution in [0.15, 0.2) is 84.9 Å². The second-order valence-corrected chi connectivity index (χ2v) is 10.9. The Morgan fingerprint density at radius 1 is 0.837 bits per heavy atom. The average Bonchev–Trinajstić information content (AvgIpc) is 3.70. The minimum Gasteiger partial charge on any atom is -0.423 e. The fourth-order valence-electron chi connectivity index (χ4n) is 5.92. The standard InChI is InChI=1S/C31H22ClN3O8/c32-22-9-3-18(4-10-22)28(37)33(34-29(38)26-20-1-2-21(15-20)27(26)30(34)39)16-25(36)17-7-13-24(14-8-17)43-31(40)19-5-11-23(12-6-19)35(41)42/h1-14,20-21,26-27H,15-16H2/t20-,21-,26-,27-/m0/s1. The third-order valence-corrected chi connectivity index (χ3v) is 8.26. The summed E-state index contributed by atoms with van der Waals surface area (Å²) in [6.45, 7) is -0.594. The van der Waals surface area contributed by atoms with Crippen molar-refractivity contribution >= 4 is 46.8 Å². The number of carbonyl (C=O) groups excluding carboxylic acids is 5. The third-order valence-electron chi connectivity index (χ3n) is 8.01. The number of ketones is 1. The van der Waals surface area contributed by atoms with Crippen molar-refractivity contribution in [2.24, 2.45) is 23.7 Å². The molecule has 0 radical (unpaired) electrons. The number of ether oxygens (including phenoxy) is 1. The Morgan fingerprint density at radius 2 is 1.37 bits per heavy atom. The molecule has 43 heavy (non-hydrogen) atoms. The number of hydrogen-bond acceptors (Lipinski definition) is 8. The Bertz CT molecular complexity index is 1670. The molecule has 2 aliphatic carbocycles. The zero-order chi connectivity index (χ0) is 30.4. The molecule has 0 unspecified atom stereocenters. The number of halogens is 1. The number of rotatable bonds is 8. The minimum absolute atomic E-state index is 0.0825. The van der Waals surface area contributed by atoms with Crippen LogP contribution in [0.25, 0.3) is 0 Å². The van der Waals surface area contributed by atoms with Gasteiger partial charge < -0.3 is 4.74 Å². The molecule has 0 aromatic heterocycles. The zero-order valence-electron chi connectivity index (χ0n) is 22.3. The first-order valence-electron chi connectivity index (χ1n) is 13.4. The van der Waals surface area contributed by atoms with Crippen LogP contribution in [0.4, 0.5) is 5.69 Å². The smallest absolute Gasteiger partial charge is 0.343 e. The summed E-state index contributed by atoms with van der Waals surface area (Å²) in [5.74, 6) is -4.23. The number of benzene rings is 3. The van der Waals surface area contributed by atoms with Gasteiger partial charge in [-0.25, -0.2) is 9.80 Å². The topological polar surface area (TPSA) is 144 Å². The van der Waals surface area contributed by atoms with Gasteiger partial charge in [-0.3, -0.25) is 29.3 Å². The molecule has 3 aromatic carbocycles. The normalized spacial score (nSPS) is 21.6. The van der Waals surface area contributed by atoms with Gasteiger partial charge >= 0.3 is 5.97 Å². The number of nitrogens with zero attached hydrogens (tertiary/aromatic N) is 3. The number of carbonyl (C=O) groups is 5. The molecule has 0 spiro atoms. The number of nitro benzene ring substituents is 1. The second-order valence-electron chi connectivity index (χ2n) is 10.5. The van der Waals surface area contributed by atoms with Gasteiger partial charge in [-0.05, 0) is 78.9 Å². The molecule has 3 amide bonds. The number of hydrazine groups is 1. The molecular weight excluding hydrogens is 578 g/mol. The van der Waals surface area contributed by atoms with E-state index in [4.69, 9.17) is 16.3 Å². The number of esters is 1. The Balaban J connectivity index is 1.21. The fourth-order valence-corrected chi connectivity index (χ4v) is 6.05. The van der Waals surface area contributed by atoms with Crippen LogP contribution in [0.1, 0.15) is 37.5 Å². The summed E-state index contributed by atoms with van der Waals surface area (Å²) in [5, 5.41) is 12.9. The van der Waals surface area contributed by atoms with E-state index < -0.39 is 52.8 Å². The van der Waals surface area contributed by atoms with Crippen LogP contribution in [0.5, 0.6) is 5.75 Å². The van der Waals surface area contributed by atoms with Crippen molar-refractivity contribution in [1.82, 2.24) is 10.0 Å².